The molecule has 8 nitrogen and oxygen atoms in total. The molecule has 2 saturated heterocycles. The van der Waals surface area contributed by atoms with Crippen molar-refractivity contribution in [3.63, 3.8) is 0 Å². The van der Waals surface area contributed by atoms with E-state index in [9.17, 15) is 13.2 Å². The lowest BCUT2D eigenvalue weighted by Crippen LogP contribution is -2.54. The molecule has 0 spiro atoms. The van der Waals surface area contributed by atoms with Gasteiger partial charge in [0.1, 0.15) is 6.67 Å². The number of halogens is 1. The molecule has 2 fully saturated rings. The topological polar surface area (TPSA) is 85.3 Å². The molecular weight excluding hydrogens is 458 g/mol. The highest BCUT2D eigenvalue weighted by Crippen LogP contribution is 2.23. The molecule has 3 aliphatic heterocycles. The zero-order valence-corrected chi connectivity index (χ0v) is 18.3. The molecule has 3 aliphatic rings. The largest absolute Gasteiger partial charge is 0.353 e. The highest BCUT2D eigenvalue weighted by atomic mass is 79.9. The third-order valence-electron chi connectivity index (χ3n) is 5.64. The number of hydrogen-bond donors (Lipinski definition) is 1. The van der Waals surface area contributed by atoms with Crippen molar-refractivity contribution in [3.8, 4) is 0 Å². The van der Waals surface area contributed by atoms with Gasteiger partial charge in [-0.15, -0.1) is 0 Å². The Morgan fingerprint density at radius 2 is 1.83 bits per heavy atom. The van der Waals surface area contributed by atoms with Gasteiger partial charge in [0.2, 0.25) is 15.9 Å². The first kappa shape index (κ1) is 20.5. The molecular formula is C19H24BrN5O3S. The highest BCUT2D eigenvalue weighted by Gasteiger charge is 2.40. The fourth-order valence-electron chi connectivity index (χ4n) is 4.02. The minimum atomic E-state index is -3.55. The standard InChI is InChI=1S/C19H24BrN5O3S/c20-15-2-4-16(5-3-15)29(27,28)25-10-8-23(9-11-25)19(26)17-12-22-13-18(17)24-7-1-6-21-14-24/h1-7,17-18,22H,8-14H2. The Kier molecular flexibility index (Phi) is 6.05. The van der Waals surface area contributed by atoms with E-state index in [-0.39, 0.29) is 22.8 Å². The number of piperazine rings is 1. The first-order valence-corrected chi connectivity index (χ1v) is 11.9. The molecule has 2 atom stereocenters. The van der Waals surface area contributed by atoms with Gasteiger partial charge in [0.25, 0.3) is 0 Å². The van der Waals surface area contributed by atoms with Gasteiger partial charge in [-0.3, -0.25) is 9.79 Å². The van der Waals surface area contributed by atoms with Crippen LogP contribution in [0.5, 0.6) is 0 Å². The van der Waals surface area contributed by atoms with Gasteiger partial charge >= 0.3 is 0 Å². The van der Waals surface area contributed by atoms with Crippen molar-refractivity contribution in [2.75, 3.05) is 45.9 Å². The molecule has 0 bridgehead atoms. The van der Waals surface area contributed by atoms with Crippen LogP contribution in [0.15, 0.2) is 50.9 Å². The number of carbonyl (C=O) groups is 1. The quantitative estimate of drug-likeness (QED) is 0.684. The van der Waals surface area contributed by atoms with Crippen molar-refractivity contribution >= 4 is 38.1 Å². The predicted molar refractivity (Wildman–Crippen MR) is 114 cm³/mol. The summed E-state index contributed by atoms with van der Waals surface area (Å²) in [5.41, 5.74) is 0. The van der Waals surface area contributed by atoms with Gasteiger partial charge in [-0.1, -0.05) is 15.9 Å². The number of aliphatic imine (C=N–C) groups is 1. The minimum Gasteiger partial charge on any atom is -0.353 e. The summed E-state index contributed by atoms with van der Waals surface area (Å²) >= 11 is 3.32. The number of rotatable bonds is 4. The number of hydrogen-bond acceptors (Lipinski definition) is 6. The molecule has 0 radical (unpaired) electrons. The molecule has 2 unspecified atom stereocenters. The summed E-state index contributed by atoms with van der Waals surface area (Å²) in [6.45, 7) is 3.37. The van der Waals surface area contributed by atoms with E-state index in [1.807, 2.05) is 12.3 Å². The fraction of sp³-hybridized carbons (Fsp3) is 0.474. The van der Waals surface area contributed by atoms with Crippen LogP contribution in [0.2, 0.25) is 0 Å². The maximum Gasteiger partial charge on any atom is 0.243 e. The third-order valence-corrected chi connectivity index (χ3v) is 8.08. The molecule has 10 heteroatoms. The van der Waals surface area contributed by atoms with E-state index < -0.39 is 10.0 Å². The van der Waals surface area contributed by atoms with E-state index in [4.69, 9.17) is 0 Å². The van der Waals surface area contributed by atoms with Crippen LogP contribution in [0, 0.1) is 5.92 Å². The summed E-state index contributed by atoms with van der Waals surface area (Å²) in [7, 11) is -3.55. The van der Waals surface area contributed by atoms with E-state index in [0.29, 0.717) is 39.4 Å². The number of nitrogens with one attached hydrogen (secondary N) is 1. The second kappa shape index (κ2) is 8.55. The number of carbonyl (C=O) groups excluding carboxylic acids is 1. The normalized spacial score (nSPS) is 25.6. The molecule has 29 heavy (non-hydrogen) atoms. The van der Waals surface area contributed by atoms with Crippen LogP contribution in [-0.2, 0) is 14.8 Å². The summed E-state index contributed by atoms with van der Waals surface area (Å²) < 4.78 is 28.0. The molecule has 1 aromatic carbocycles. The SMILES string of the molecule is O=C(C1CNCC1N1C=CC=NC1)N1CCN(S(=O)(=O)c2ccc(Br)cc2)CC1. The van der Waals surface area contributed by atoms with Crippen LogP contribution in [0.1, 0.15) is 0 Å². The zero-order chi connectivity index (χ0) is 20.4. The summed E-state index contributed by atoms with van der Waals surface area (Å²) in [5.74, 6) is -0.0637. The minimum absolute atomic E-state index is 0.0701. The maximum atomic E-state index is 13.1. The summed E-state index contributed by atoms with van der Waals surface area (Å²) in [6.07, 6.45) is 5.63. The summed E-state index contributed by atoms with van der Waals surface area (Å²) in [6, 6.07) is 6.71. The lowest BCUT2D eigenvalue weighted by Gasteiger charge is -2.37. The van der Waals surface area contributed by atoms with Gasteiger partial charge in [0.05, 0.1) is 16.9 Å². The molecule has 0 aromatic heterocycles. The number of allylic oxidation sites excluding steroid dienone is 1. The van der Waals surface area contributed by atoms with Crippen molar-refractivity contribution in [3.05, 3.63) is 41.0 Å². The molecule has 156 valence electrons. The maximum absolute atomic E-state index is 13.1. The van der Waals surface area contributed by atoms with Crippen molar-refractivity contribution < 1.29 is 13.2 Å². The Morgan fingerprint density at radius 1 is 1.10 bits per heavy atom. The van der Waals surface area contributed by atoms with Crippen LogP contribution >= 0.6 is 15.9 Å². The average molecular weight is 482 g/mol. The third kappa shape index (κ3) is 4.25. The average Bonchev–Trinajstić information content (AvgIpc) is 3.24. The fourth-order valence-corrected chi connectivity index (χ4v) is 5.70. The van der Waals surface area contributed by atoms with Crippen molar-refractivity contribution in [1.82, 2.24) is 19.4 Å². The van der Waals surface area contributed by atoms with E-state index >= 15 is 0 Å². The smallest absolute Gasteiger partial charge is 0.243 e. The molecule has 3 heterocycles. The second-order valence-corrected chi connectivity index (χ2v) is 10.2. The Labute approximate surface area is 179 Å². The molecule has 1 aromatic rings. The van der Waals surface area contributed by atoms with Gasteiger partial charge in [0, 0.05) is 56.2 Å². The van der Waals surface area contributed by atoms with Gasteiger partial charge in [-0.05, 0) is 30.3 Å². The van der Waals surface area contributed by atoms with Crippen LogP contribution < -0.4 is 5.32 Å². The summed E-state index contributed by atoms with van der Waals surface area (Å²) in [5, 5.41) is 3.31. The van der Waals surface area contributed by atoms with Crippen LogP contribution in [0.25, 0.3) is 0 Å². The number of amides is 1. The Bertz CT molecular complexity index is 910. The van der Waals surface area contributed by atoms with E-state index in [0.717, 1.165) is 11.0 Å². The van der Waals surface area contributed by atoms with Gasteiger partial charge in [0.15, 0.2) is 0 Å². The first-order valence-electron chi connectivity index (χ1n) is 9.64. The predicted octanol–water partition coefficient (Wildman–Crippen LogP) is 0.728. The molecule has 1 amide bonds. The monoisotopic (exact) mass is 481 g/mol. The van der Waals surface area contributed by atoms with Crippen LogP contribution in [0.4, 0.5) is 0 Å². The molecule has 1 N–H and O–H groups in total. The van der Waals surface area contributed by atoms with Gasteiger partial charge in [-0.25, -0.2) is 8.42 Å². The van der Waals surface area contributed by atoms with Gasteiger partial charge in [-0.2, -0.15) is 4.31 Å². The highest BCUT2D eigenvalue weighted by molar-refractivity contribution is 9.10. The van der Waals surface area contributed by atoms with E-state index in [1.54, 1.807) is 35.4 Å². The zero-order valence-electron chi connectivity index (χ0n) is 15.9. The van der Waals surface area contributed by atoms with Crippen molar-refractivity contribution in [1.29, 1.82) is 0 Å². The first-order chi connectivity index (χ1) is 14.0. The Hall–Kier alpha value is -1.75. The lowest BCUT2D eigenvalue weighted by molar-refractivity contribution is -0.137. The molecule has 0 saturated carbocycles. The number of nitrogens with zero attached hydrogens (tertiary/aromatic N) is 4. The van der Waals surface area contributed by atoms with Crippen molar-refractivity contribution in [2.45, 2.75) is 10.9 Å². The number of sulfonamides is 1. The Balaban J connectivity index is 1.39. The molecule has 4 rings (SSSR count). The van der Waals surface area contributed by atoms with E-state index in [1.165, 1.54) is 4.31 Å². The van der Waals surface area contributed by atoms with E-state index in [2.05, 4.69) is 31.1 Å². The van der Waals surface area contributed by atoms with Gasteiger partial charge < -0.3 is 15.1 Å². The second-order valence-electron chi connectivity index (χ2n) is 7.34. The molecule has 0 aliphatic carbocycles. The van der Waals surface area contributed by atoms with Crippen molar-refractivity contribution in [2.24, 2.45) is 10.9 Å². The van der Waals surface area contributed by atoms with Crippen LogP contribution in [-0.4, -0.2) is 86.6 Å². The lowest BCUT2D eigenvalue weighted by atomic mass is 10.00. The number of benzene rings is 1. The Morgan fingerprint density at radius 3 is 2.48 bits per heavy atom. The van der Waals surface area contributed by atoms with Crippen LogP contribution in [0.3, 0.4) is 0 Å². The summed E-state index contributed by atoms with van der Waals surface area (Å²) in [4.78, 5) is 21.6.